The van der Waals surface area contributed by atoms with Gasteiger partial charge in [0.2, 0.25) is 0 Å². The van der Waals surface area contributed by atoms with Crippen LogP contribution in [0.15, 0.2) is 18.2 Å². The smallest absolute Gasteiger partial charge is 0.152 e. The summed E-state index contributed by atoms with van der Waals surface area (Å²) in [5.41, 5.74) is 2.31. The minimum absolute atomic E-state index is 0.452. The maximum absolute atomic E-state index is 11.4. The highest BCUT2D eigenvalue weighted by molar-refractivity contribution is 7.91. The van der Waals surface area contributed by atoms with Gasteiger partial charge in [-0.3, -0.25) is 0 Å². The summed E-state index contributed by atoms with van der Waals surface area (Å²) in [6.45, 7) is 2.28. The zero-order valence-corrected chi connectivity index (χ0v) is 12.1. The van der Waals surface area contributed by atoms with Crippen molar-refractivity contribution in [3.05, 3.63) is 29.3 Å². The molecule has 4 nitrogen and oxygen atoms in total. The summed E-state index contributed by atoms with van der Waals surface area (Å²) >= 11 is 0. The van der Waals surface area contributed by atoms with Crippen molar-refractivity contribution in [2.45, 2.75) is 37.5 Å². The van der Waals surface area contributed by atoms with Crippen molar-refractivity contribution >= 4 is 9.84 Å². The lowest BCUT2D eigenvalue weighted by Gasteiger charge is -2.17. The van der Waals surface area contributed by atoms with Gasteiger partial charge in [0.25, 0.3) is 0 Å². The summed E-state index contributed by atoms with van der Waals surface area (Å²) in [7, 11) is -3.19. The number of hydrogen-bond donors (Lipinski definition) is 1. The van der Waals surface area contributed by atoms with Gasteiger partial charge < -0.3 is 9.84 Å². The Morgan fingerprint density at radius 1 is 1.42 bits per heavy atom. The second-order valence-electron chi connectivity index (χ2n) is 5.18. The maximum atomic E-state index is 11.4. The van der Waals surface area contributed by atoms with Gasteiger partial charge in [0, 0.05) is 12.7 Å². The number of aliphatic hydroxyl groups is 1. The Morgan fingerprint density at radius 3 is 2.84 bits per heavy atom. The van der Waals surface area contributed by atoms with Crippen molar-refractivity contribution < 1.29 is 18.3 Å². The van der Waals surface area contributed by atoms with Gasteiger partial charge in [0.15, 0.2) is 9.84 Å². The van der Waals surface area contributed by atoms with Crippen LogP contribution in [0.2, 0.25) is 0 Å². The molecule has 1 aliphatic rings. The molecule has 0 amide bonds. The van der Waals surface area contributed by atoms with Crippen molar-refractivity contribution in [2.24, 2.45) is 0 Å². The van der Waals surface area contributed by atoms with Crippen LogP contribution in [-0.4, -0.2) is 37.7 Å². The topological polar surface area (TPSA) is 63.6 Å². The van der Waals surface area contributed by atoms with Gasteiger partial charge in [-0.1, -0.05) is 12.1 Å². The molecule has 0 fully saturated rings. The molecule has 0 aliphatic carbocycles. The lowest BCUT2D eigenvalue weighted by atomic mass is 10.0. The molecule has 106 valence electrons. The summed E-state index contributed by atoms with van der Waals surface area (Å²) in [6.07, 6.45) is 2.39. The lowest BCUT2D eigenvalue weighted by Crippen LogP contribution is -2.30. The van der Waals surface area contributed by atoms with Crippen molar-refractivity contribution in [1.82, 2.24) is 0 Å². The minimum atomic E-state index is -3.19. The van der Waals surface area contributed by atoms with E-state index in [4.69, 9.17) is 4.74 Å². The molecule has 19 heavy (non-hydrogen) atoms. The van der Waals surface area contributed by atoms with E-state index in [2.05, 4.69) is 6.07 Å². The molecular formula is C14H20O4S. The number of aliphatic hydroxyl groups excluding tert-OH is 1. The maximum Gasteiger partial charge on any atom is 0.152 e. The molecule has 1 aliphatic heterocycles. The third-order valence-electron chi connectivity index (χ3n) is 3.70. The van der Waals surface area contributed by atoms with E-state index in [1.54, 1.807) is 6.92 Å². The number of aryl methyl sites for hydroxylation is 1. The highest BCUT2D eigenvalue weighted by atomic mass is 32.2. The number of hydrogen-bond acceptors (Lipinski definition) is 4. The zero-order chi connectivity index (χ0) is 14.0. The van der Waals surface area contributed by atoms with Crippen LogP contribution in [0.1, 0.15) is 24.5 Å². The van der Waals surface area contributed by atoms with E-state index in [-0.39, 0.29) is 0 Å². The molecule has 0 saturated carbocycles. The molecule has 2 unspecified atom stereocenters. The van der Waals surface area contributed by atoms with Crippen LogP contribution in [0.5, 0.6) is 5.75 Å². The fourth-order valence-electron chi connectivity index (χ4n) is 2.23. The third kappa shape index (κ3) is 3.48. The molecule has 1 aromatic carbocycles. The fourth-order valence-corrected chi connectivity index (χ4v) is 2.94. The summed E-state index contributed by atoms with van der Waals surface area (Å²) in [5, 5.41) is 9.19. The standard InChI is InChI=1S/C14H20O4S/c1-10(19(2,16)17)13(15)5-3-11-4-6-14-12(9-11)7-8-18-14/h4,6,9-10,13,15H,3,5,7-8H2,1-2H3. The van der Waals surface area contributed by atoms with Gasteiger partial charge in [-0.25, -0.2) is 8.42 Å². The highest BCUT2D eigenvalue weighted by Crippen LogP contribution is 2.26. The van der Waals surface area contributed by atoms with E-state index < -0.39 is 21.2 Å². The molecule has 2 atom stereocenters. The zero-order valence-electron chi connectivity index (χ0n) is 11.3. The van der Waals surface area contributed by atoms with E-state index in [9.17, 15) is 13.5 Å². The van der Waals surface area contributed by atoms with Crippen LogP contribution in [0.3, 0.4) is 0 Å². The number of fused-ring (bicyclic) bond motifs is 1. The third-order valence-corrected chi connectivity index (χ3v) is 5.36. The summed E-state index contributed by atoms with van der Waals surface area (Å²) in [4.78, 5) is 0. The first-order valence-electron chi connectivity index (χ1n) is 6.49. The van der Waals surface area contributed by atoms with Gasteiger partial charge in [0.05, 0.1) is 18.0 Å². The molecule has 1 N–H and O–H groups in total. The Bertz CT molecular complexity index is 551. The molecule has 1 aromatic rings. The molecule has 2 rings (SSSR count). The van der Waals surface area contributed by atoms with Crippen molar-refractivity contribution in [3.8, 4) is 5.75 Å². The van der Waals surface area contributed by atoms with Crippen molar-refractivity contribution in [1.29, 1.82) is 0 Å². The van der Waals surface area contributed by atoms with Crippen LogP contribution in [0, 0.1) is 0 Å². The van der Waals surface area contributed by atoms with E-state index in [1.807, 2.05) is 12.1 Å². The van der Waals surface area contributed by atoms with Crippen LogP contribution in [0.4, 0.5) is 0 Å². The summed E-state index contributed by atoms with van der Waals surface area (Å²) < 4.78 is 28.2. The monoisotopic (exact) mass is 284 g/mol. The van der Waals surface area contributed by atoms with Gasteiger partial charge in [0.1, 0.15) is 5.75 Å². The van der Waals surface area contributed by atoms with Crippen LogP contribution in [-0.2, 0) is 22.7 Å². The summed E-state index contributed by atoms with van der Waals surface area (Å²) in [6, 6.07) is 6.01. The fraction of sp³-hybridized carbons (Fsp3) is 0.571. The first-order valence-corrected chi connectivity index (χ1v) is 8.45. The van der Waals surface area contributed by atoms with E-state index in [0.29, 0.717) is 12.8 Å². The van der Waals surface area contributed by atoms with E-state index in [1.165, 1.54) is 5.56 Å². The minimum Gasteiger partial charge on any atom is -0.493 e. The lowest BCUT2D eigenvalue weighted by molar-refractivity contribution is 0.163. The predicted octanol–water partition coefficient (Wildman–Crippen LogP) is 1.35. The number of rotatable bonds is 5. The molecule has 0 saturated heterocycles. The summed E-state index contributed by atoms with van der Waals surface area (Å²) in [5.74, 6) is 0.939. The second kappa shape index (κ2) is 5.51. The molecule has 1 heterocycles. The Hall–Kier alpha value is -1.07. The second-order valence-corrected chi connectivity index (χ2v) is 7.58. The average Bonchev–Trinajstić information content (AvgIpc) is 2.81. The molecule has 0 aromatic heterocycles. The van der Waals surface area contributed by atoms with Gasteiger partial charge >= 0.3 is 0 Å². The Labute approximate surface area is 114 Å². The Balaban J connectivity index is 1.96. The van der Waals surface area contributed by atoms with Crippen molar-refractivity contribution in [2.75, 3.05) is 12.9 Å². The molecule has 0 spiro atoms. The molecule has 5 heteroatoms. The van der Waals surface area contributed by atoms with Crippen LogP contribution >= 0.6 is 0 Å². The Morgan fingerprint density at radius 2 is 2.16 bits per heavy atom. The van der Waals surface area contributed by atoms with E-state index in [0.717, 1.165) is 30.6 Å². The highest BCUT2D eigenvalue weighted by Gasteiger charge is 2.23. The van der Waals surface area contributed by atoms with Gasteiger partial charge in [-0.15, -0.1) is 0 Å². The van der Waals surface area contributed by atoms with E-state index >= 15 is 0 Å². The first-order chi connectivity index (χ1) is 8.88. The Kier molecular flexibility index (Phi) is 4.16. The number of sulfone groups is 1. The van der Waals surface area contributed by atoms with Crippen LogP contribution < -0.4 is 4.74 Å². The molecule has 0 bridgehead atoms. The SMILES string of the molecule is CC(C(O)CCc1ccc2c(c1)CCO2)S(C)(=O)=O. The quantitative estimate of drug-likeness (QED) is 0.886. The van der Waals surface area contributed by atoms with Crippen molar-refractivity contribution in [3.63, 3.8) is 0 Å². The predicted molar refractivity (Wildman–Crippen MR) is 74.3 cm³/mol. The average molecular weight is 284 g/mol. The largest absolute Gasteiger partial charge is 0.493 e. The van der Waals surface area contributed by atoms with Gasteiger partial charge in [-0.2, -0.15) is 0 Å². The normalized spacial score (nSPS) is 17.6. The van der Waals surface area contributed by atoms with Crippen LogP contribution in [0.25, 0.3) is 0 Å². The number of ether oxygens (including phenoxy) is 1. The number of benzene rings is 1. The van der Waals surface area contributed by atoms with Gasteiger partial charge in [-0.05, 0) is 37.0 Å². The first kappa shape index (κ1) is 14.3. The molecular weight excluding hydrogens is 264 g/mol. The molecule has 0 radical (unpaired) electrons.